The van der Waals surface area contributed by atoms with Crippen LogP contribution in [0.5, 0.6) is 0 Å². The molecule has 1 aliphatic heterocycles. The Morgan fingerprint density at radius 1 is 1.08 bits per heavy atom. The van der Waals surface area contributed by atoms with Gasteiger partial charge in [-0.05, 0) is 82.8 Å². The summed E-state index contributed by atoms with van der Waals surface area (Å²) in [7, 11) is 4.12. The number of nitrogens with zero attached hydrogens (tertiary/aromatic N) is 2. The molecule has 1 saturated heterocycles. The van der Waals surface area contributed by atoms with Gasteiger partial charge in [0.25, 0.3) is 0 Å². The van der Waals surface area contributed by atoms with Crippen molar-refractivity contribution in [2.75, 3.05) is 33.7 Å². The van der Waals surface area contributed by atoms with Crippen molar-refractivity contribution in [1.29, 1.82) is 0 Å². The Balaban J connectivity index is 0.00000288. The van der Waals surface area contributed by atoms with Gasteiger partial charge in [0.05, 0.1) is 0 Å². The van der Waals surface area contributed by atoms with Crippen LogP contribution in [0.2, 0.25) is 0 Å². The van der Waals surface area contributed by atoms with Gasteiger partial charge >= 0.3 is 0 Å². The molecule has 1 heterocycles. The average Bonchev–Trinajstić information content (AvgIpc) is 2.56. The van der Waals surface area contributed by atoms with Gasteiger partial charge in [-0.2, -0.15) is 0 Å². The van der Waals surface area contributed by atoms with Crippen molar-refractivity contribution in [2.24, 2.45) is 22.7 Å². The molecule has 0 spiro atoms. The maximum absolute atomic E-state index is 4.42. The summed E-state index contributed by atoms with van der Waals surface area (Å²) in [4.78, 5) is 6.86. The molecule has 0 aromatic heterocycles. The van der Waals surface area contributed by atoms with E-state index in [4.69, 9.17) is 0 Å². The van der Waals surface area contributed by atoms with Crippen molar-refractivity contribution >= 4 is 29.9 Å². The first kappa shape index (κ1) is 22.0. The summed E-state index contributed by atoms with van der Waals surface area (Å²) < 4.78 is 0. The van der Waals surface area contributed by atoms with Crippen LogP contribution in [0.3, 0.4) is 0 Å². The molecule has 142 valence electrons. The molecule has 0 atom stereocenters. The molecule has 0 aromatic rings. The fourth-order valence-electron chi connectivity index (χ4n) is 4.06. The number of piperidine rings is 1. The first-order chi connectivity index (χ1) is 11.1. The van der Waals surface area contributed by atoms with Crippen molar-refractivity contribution in [3.63, 3.8) is 0 Å². The zero-order valence-corrected chi connectivity index (χ0v) is 18.5. The molecular weight excluding hydrogens is 411 g/mol. The van der Waals surface area contributed by atoms with E-state index in [1.165, 1.54) is 58.0 Å². The Kier molecular flexibility index (Phi) is 10.6. The van der Waals surface area contributed by atoms with Crippen molar-refractivity contribution < 1.29 is 0 Å². The lowest BCUT2D eigenvalue weighted by Crippen LogP contribution is -2.45. The summed E-state index contributed by atoms with van der Waals surface area (Å²) in [6.07, 6.45) is 9.28. The van der Waals surface area contributed by atoms with Crippen LogP contribution in [0.4, 0.5) is 0 Å². The summed E-state index contributed by atoms with van der Waals surface area (Å²) in [6.45, 7) is 8.30. The minimum absolute atomic E-state index is 0. The molecule has 2 rings (SSSR count). The minimum Gasteiger partial charge on any atom is -0.356 e. The Morgan fingerprint density at radius 3 is 2.25 bits per heavy atom. The molecule has 0 unspecified atom stereocenters. The third kappa shape index (κ3) is 7.46. The first-order valence-corrected chi connectivity index (χ1v) is 9.74. The molecule has 0 aromatic carbocycles. The molecule has 0 radical (unpaired) electrons. The van der Waals surface area contributed by atoms with E-state index in [9.17, 15) is 0 Å². The summed E-state index contributed by atoms with van der Waals surface area (Å²) in [5, 5.41) is 7.18. The highest BCUT2D eigenvalue weighted by Crippen LogP contribution is 2.29. The number of hydrogen-bond donors (Lipinski definition) is 2. The molecule has 0 bridgehead atoms. The van der Waals surface area contributed by atoms with Crippen molar-refractivity contribution in [3.05, 3.63) is 0 Å². The Morgan fingerprint density at radius 2 is 1.71 bits per heavy atom. The van der Waals surface area contributed by atoms with Crippen LogP contribution in [0.15, 0.2) is 4.99 Å². The summed E-state index contributed by atoms with van der Waals surface area (Å²) >= 11 is 0. The lowest BCUT2D eigenvalue weighted by molar-refractivity contribution is 0.213. The Labute approximate surface area is 166 Å². The van der Waals surface area contributed by atoms with Gasteiger partial charge < -0.3 is 15.5 Å². The van der Waals surface area contributed by atoms with Gasteiger partial charge in [0.15, 0.2) is 5.96 Å². The number of rotatable bonds is 5. The monoisotopic (exact) mass is 450 g/mol. The molecule has 24 heavy (non-hydrogen) atoms. The van der Waals surface area contributed by atoms with E-state index in [0.717, 1.165) is 30.3 Å². The SMILES string of the molecule is CN=C(NCCC1CCN(C)CC1)NC1CCC(C(C)C)CC1.I. The summed E-state index contributed by atoms with van der Waals surface area (Å²) in [5.41, 5.74) is 0. The maximum Gasteiger partial charge on any atom is 0.191 e. The largest absolute Gasteiger partial charge is 0.356 e. The normalized spacial score (nSPS) is 27.0. The molecule has 4 nitrogen and oxygen atoms in total. The van der Waals surface area contributed by atoms with E-state index < -0.39 is 0 Å². The van der Waals surface area contributed by atoms with Gasteiger partial charge in [-0.15, -0.1) is 24.0 Å². The number of aliphatic imine (C=N–C) groups is 1. The maximum atomic E-state index is 4.42. The lowest BCUT2D eigenvalue weighted by Gasteiger charge is -2.32. The second-order valence-corrected chi connectivity index (χ2v) is 8.03. The zero-order chi connectivity index (χ0) is 16.7. The van der Waals surface area contributed by atoms with Gasteiger partial charge in [-0.3, -0.25) is 4.99 Å². The molecule has 2 fully saturated rings. The van der Waals surface area contributed by atoms with E-state index in [1.807, 2.05) is 7.05 Å². The molecule has 1 saturated carbocycles. The van der Waals surface area contributed by atoms with E-state index in [2.05, 4.69) is 41.4 Å². The average molecular weight is 450 g/mol. The molecule has 2 N–H and O–H groups in total. The van der Waals surface area contributed by atoms with Crippen molar-refractivity contribution in [2.45, 2.75) is 64.8 Å². The Bertz CT molecular complexity index is 356. The number of nitrogens with one attached hydrogen (secondary N) is 2. The van der Waals surface area contributed by atoms with Gasteiger partial charge in [-0.25, -0.2) is 0 Å². The van der Waals surface area contributed by atoms with Crippen LogP contribution in [-0.4, -0.2) is 50.6 Å². The third-order valence-electron chi connectivity index (χ3n) is 5.96. The fourth-order valence-corrected chi connectivity index (χ4v) is 4.06. The van der Waals surface area contributed by atoms with Crippen molar-refractivity contribution in [3.8, 4) is 0 Å². The predicted octanol–water partition coefficient (Wildman–Crippen LogP) is 3.72. The summed E-state index contributed by atoms with van der Waals surface area (Å²) in [5.74, 6) is 3.65. The quantitative estimate of drug-likeness (QED) is 0.381. The topological polar surface area (TPSA) is 39.7 Å². The van der Waals surface area contributed by atoms with Crippen LogP contribution in [0, 0.1) is 17.8 Å². The van der Waals surface area contributed by atoms with Gasteiger partial charge in [0.2, 0.25) is 0 Å². The number of hydrogen-bond acceptors (Lipinski definition) is 2. The van der Waals surface area contributed by atoms with Crippen LogP contribution >= 0.6 is 24.0 Å². The van der Waals surface area contributed by atoms with Crippen LogP contribution in [-0.2, 0) is 0 Å². The molecular formula is C19H39IN4. The van der Waals surface area contributed by atoms with Gasteiger partial charge in [0, 0.05) is 19.6 Å². The standard InChI is InChI=1S/C19H38N4.HI/c1-15(2)17-5-7-18(8-6-17)22-19(20-3)21-12-9-16-10-13-23(4)14-11-16;/h15-18H,5-14H2,1-4H3,(H2,20,21,22);1H. The number of guanidine groups is 1. The smallest absolute Gasteiger partial charge is 0.191 e. The fraction of sp³-hybridized carbons (Fsp3) is 0.947. The highest BCUT2D eigenvalue weighted by atomic mass is 127. The van der Waals surface area contributed by atoms with Crippen LogP contribution in [0.25, 0.3) is 0 Å². The lowest BCUT2D eigenvalue weighted by atomic mass is 9.80. The number of halogens is 1. The predicted molar refractivity (Wildman–Crippen MR) is 115 cm³/mol. The molecule has 2 aliphatic rings. The second-order valence-electron chi connectivity index (χ2n) is 8.03. The van der Waals surface area contributed by atoms with Gasteiger partial charge in [0.1, 0.15) is 0 Å². The van der Waals surface area contributed by atoms with Crippen LogP contribution in [0.1, 0.15) is 58.8 Å². The third-order valence-corrected chi connectivity index (χ3v) is 5.96. The van der Waals surface area contributed by atoms with E-state index >= 15 is 0 Å². The van der Waals surface area contributed by atoms with Gasteiger partial charge in [-0.1, -0.05) is 13.8 Å². The molecule has 0 amide bonds. The zero-order valence-electron chi connectivity index (χ0n) is 16.2. The second kappa shape index (κ2) is 11.6. The molecule has 1 aliphatic carbocycles. The highest BCUT2D eigenvalue weighted by molar-refractivity contribution is 14.0. The number of likely N-dealkylation sites (tertiary alicyclic amines) is 1. The Hall–Kier alpha value is -0.0400. The van der Waals surface area contributed by atoms with E-state index in [1.54, 1.807) is 0 Å². The van der Waals surface area contributed by atoms with Crippen molar-refractivity contribution in [1.82, 2.24) is 15.5 Å². The highest BCUT2D eigenvalue weighted by Gasteiger charge is 2.23. The summed E-state index contributed by atoms with van der Waals surface area (Å²) in [6, 6.07) is 0.611. The first-order valence-electron chi connectivity index (χ1n) is 9.74. The minimum atomic E-state index is 0. The van der Waals surface area contributed by atoms with E-state index in [0.29, 0.717) is 6.04 Å². The van der Waals surface area contributed by atoms with E-state index in [-0.39, 0.29) is 24.0 Å². The molecule has 5 heteroatoms. The van der Waals surface area contributed by atoms with Crippen LogP contribution < -0.4 is 10.6 Å².